The zero-order valence-electron chi connectivity index (χ0n) is 18.5. The van der Waals surface area contributed by atoms with E-state index < -0.39 is 54.0 Å². The molecule has 11 nitrogen and oxygen atoms in total. The summed E-state index contributed by atoms with van der Waals surface area (Å²) in [5, 5.41) is 24.1. The molecule has 178 valence electrons. The molecule has 31 heavy (non-hydrogen) atoms. The molecule has 1 aliphatic heterocycles. The maximum absolute atomic E-state index is 12.8. The van der Waals surface area contributed by atoms with Gasteiger partial charge in [0.1, 0.15) is 18.1 Å². The Morgan fingerprint density at radius 1 is 1.10 bits per heavy atom. The van der Waals surface area contributed by atoms with Crippen molar-refractivity contribution in [1.29, 1.82) is 0 Å². The molecule has 0 aromatic heterocycles. The number of nitrogens with two attached hydrogens (primary N) is 2. The summed E-state index contributed by atoms with van der Waals surface area (Å²) in [5.41, 5.74) is 11.4. The molecule has 11 heteroatoms. The number of rotatable bonds is 12. The molecule has 1 fully saturated rings. The smallest absolute Gasteiger partial charge is 0.326 e. The Morgan fingerprint density at radius 3 is 2.26 bits per heavy atom. The lowest BCUT2D eigenvalue weighted by Crippen LogP contribution is -2.60. The van der Waals surface area contributed by atoms with Crippen LogP contribution in [0.2, 0.25) is 0 Å². The number of amides is 3. The van der Waals surface area contributed by atoms with E-state index in [4.69, 9.17) is 11.5 Å². The summed E-state index contributed by atoms with van der Waals surface area (Å²) >= 11 is 0. The number of nitrogens with zero attached hydrogens (tertiary/aromatic N) is 1. The fraction of sp³-hybridized carbons (Fsp3) is 0.800. The number of nitrogens with one attached hydrogen (secondary N) is 2. The minimum Gasteiger partial charge on any atom is -0.480 e. The van der Waals surface area contributed by atoms with E-state index in [0.29, 0.717) is 38.8 Å². The molecule has 8 N–H and O–H groups in total. The number of carboxylic acid groups (broad SMARTS) is 1. The van der Waals surface area contributed by atoms with Crippen molar-refractivity contribution < 1.29 is 29.4 Å². The third-order valence-corrected chi connectivity index (χ3v) is 5.42. The lowest BCUT2D eigenvalue weighted by atomic mass is 10.0. The first-order valence-electron chi connectivity index (χ1n) is 10.8. The van der Waals surface area contributed by atoms with Crippen LogP contribution < -0.4 is 22.1 Å². The number of carboxylic acids is 1. The lowest BCUT2D eigenvalue weighted by Gasteiger charge is -2.29. The van der Waals surface area contributed by atoms with Gasteiger partial charge in [0.2, 0.25) is 17.7 Å². The standard InChI is InChI=1S/C20H37N5O6/c1-11(2)15(20(30)31)23-18(28)16(12(3)26)24-17(27)14-8-6-10-25(14)19(29)13(22)7-4-5-9-21/h11-16,26H,4-10,21-22H2,1-3H3,(H,23,28)(H,24,27)(H,30,31). The van der Waals surface area contributed by atoms with Gasteiger partial charge in [-0.3, -0.25) is 14.4 Å². The summed E-state index contributed by atoms with van der Waals surface area (Å²) in [5.74, 6) is -3.33. The van der Waals surface area contributed by atoms with E-state index in [1.165, 1.54) is 11.8 Å². The summed E-state index contributed by atoms with van der Waals surface area (Å²) in [6, 6.07) is -4.06. The van der Waals surface area contributed by atoms with Gasteiger partial charge >= 0.3 is 5.97 Å². The SMILES string of the molecule is CC(C)C(NC(=O)C(NC(=O)C1CCCN1C(=O)C(N)CCCCN)C(C)O)C(=O)O. The van der Waals surface area contributed by atoms with Gasteiger partial charge in [-0.25, -0.2) is 4.79 Å². The fourth-order valence-electron chi connectivity index (χ4n) is 3.56. The second kappa shape index (κ2) is 12.6. The van der Waals surface area contributed by atoms with Crippen LogP contribution >= 0.6 is 0 Å². The average molecular weight is 444 g/mol. The number of carbonyl (C=O) groups is 4. The van der Waals surface area contributed by atoms with Crippen molar-refractivity contribution >= 4 is 23.7 Å². The maximum atomic E-state index is 12.8. The van der Waals surface area contributed by atoms with E-state index in [1.54, 1.807) is 13.8 Å². The van der Waals surface area contributed by atoms with E-state index in [0.717, 1.165) is 6.42 Å². The number of carbonyl (C=O) groups excluding carboxylic acids is 3. The van der Waals surface area contributed by atoms with Crippen molar-refractivity contribution in [1.82, 2.24) is 15.5 Å². The van der Waals surface area contributed by atoms with Crippen LogP contribution in [0, 0.1) is 5.92 Å². The first-order chi connectivity index (χ1) is 14.5. The molecule has 0 radical (unpaired) electrons. The van der Waals surface area contributed by atoms with Gasteiger partial charge in [-0.2, -0.15) is 0 Å². The second-order valence-electron chi connectivity index (χ2n) is 8.38. The van der Waals surface area contributed by atoms with Crippen LogP contribution in [0.3, 0.4) is 0 Å². The highest BCUT2D eigenvalue weighted by molar-refractivity contribution is 5.94. The Hall–Kier alpha value is -2.24. The Kier molecular flexibility index (Phi) is 10.9. The minimum absolute atomic E-state index is 0.335. The molecule has 5 unspecified atom stereocenters. The Morgan fingerprint density at radius 2 is 1.74 bits per heavy atom. The zero-order chi connectivity index (χ0) is 23.7. The Labute approximate surface area is 182 Å². The monoisotopic (exact) mass is 443 g/mol. The van der Waals surface area contributed by atoms with Gasteiger partial charge in [0.25, 0.3) is 0 Å². The largest absolute Gasteiger partial charge is 0.480 e. The van der Waals surface area contributed by atoms with Crippen LogP contribution in [0.1, 0.15) is 52.9 Å². The molecule has 0 saturated carbocycles. The summed E-state index contributed by atoms with van der Waals surface area (Å²) in [4.78, 5) is 50.9. The maximum Gasteiger partial charge on any atom is 0.326 e. The Balaban J connectivity index is 2.83. The Bertz CT molecular complexity index is 642. The van der Waals surface area contributed by atoms with Gasteiger partial charge in [-0.1, -0.05) is 20.3 Å². The lowest BCUT2D eigenvalue weighted by molar-refractivity contribution is -0.145. The van der Waals surface area contributed by atoms with Crippen LogP contribution in [-0.2, 0) is 19.2 Å². The van der Waals surface area contributed by atoms with Gasteiger partial charge in [0.15, 0.2) is 0 Å². The first-order valence-corrected chi connectivity index (χ1v) is 10.8. The van der Waals surface area contributed by atoms with Crippen molar-refractivity contribution in [3.8, 4) is 0 Å². The average Bonchev–Trinajstić information content (AvgIpc) is 3.18. The predicted octanol–water partition coefficient (Wildman–Crippen LogP) is -1.48. The van der Waals surface area contributed by atoms with Gasteiger partial charge in [0, 0.05) is 6.54 Å². The third-order valence-electron chi connectivity index (χ3n) is 5.42. The topological polar surface area (TPSA) is 188 Å². The molecule has 0 bridgehead atoms. The normalized spacial score (nSPS) is 20.1. The van der Waals surface area contributed by atoms with Crippen molar-refractivity contribution in [2.45, 2.75) is 83.1 Å². The molecular weight excluding hydrogens is 406 g/mol. The molecule has 1 aliphatic rings. The van der Waals surface area contributed by atoms with Crippen LogP contribution in [-0.4, -0.2) is 82.2 Å². The van der Waals surface area contributed by atoms with Crippen LogP contribution in [0.15, 0.2) is 0 Å². The molecule has 5 atom stereocenters. The number of unbranched alkanes of at least 4 members (excludes halogenated alkanes) is 1. The van der Waals surface area contributed by atoms with Crippen LogP contribution in [0.4, 0.5) is 0 Å². The predicted molar refractivity (Wildman–Crippen MR) is 114 cm³/mol. The molecule has 0 aromatic carbocycles. The molecule has 0 aliphatic carbocycles. The number of hydrogen-bond acceptors (Lipinski definition) is 7. The van der Waals surface area contributed by atoms with E-state index in [-0.39, 0.29) is 5.91 Å². The summed E-state index contributed by atoms with van der Waals surface area (Å²) in [6.07, 6.45) is 1.67. The van der Waals surface area contributed by atoms with Gasteiger partial charge in [-0.15, -0.1) is 0 Å². The summed E-state index contributed by atoms with van der Waals surface area (Å²) in [6.45, 7) is 5.47. The second-order valence-corrected chi connectivity index (χ2v) is 8.38. The molecule has 1 saturated heterocycles. The number of aliphatic carboxylic acids is 1. The van der Waals surface area contributed by atoms with E-state index in [2.05, 4.69) is 10.6 Å². The molecule has 1 rings (SSSR count). The highest BCUT2D eigenvalue weighted by Gasteiger charge is 2.38. The summed E-state index contributed by atoms with van der Waals surface area (Å²) in [7, 11) is 0. The van der Waals surface area contributed by atoms with E-state index in [1.807, 2.05) is 0 Å². The van der Waals surface area contributed by atoms with Gasteiger partial charge < -0.3 is 37.2 Å². The number of likely N-dealkylation sites (tertiary alicyclic amines) is 1. The fourth-order valence-corrected chi connectivity index (χ4v) is 3.56. The minimum atomic E-state index is -1.36. The third kappa shape index (κ3) is 7.75. The highest BCUT2D eigenvalue weighted by Crippen LogP contribution is 2.19. The molecular formula is C20H37N5O6. The van der Waals surface area contributed by atoms with Crippen molar-refractivity contribution in [2.75, 3.05) is 13.1 Å². The van der Waals surface area contributed by atoms with E-state index >= 15 is 0 Å². The molecule has 0 spiro atoms. The van der Waals surface area contributed by atoms with E-state index in [9.17, 15) is 29.4 Å². The molecule has 3 amide bonds. The van der Waals surface area contributed by atoms with Crippen LogP contribution in [0.25, 0.3) is 0 Å². The van der Waals surface area contributed by atoms with Crippen molar-refractivity contribution in [3.05, 3.63) is 0 Å². The zero-order valence-corrected chi connectivity index (χ0v) is 18.5. The number of aliphatic hydroxyl groups is 1. The van der Waals surface area contributed by atoms with Crippen LogP contribution in [0.5, 0.6) is 0 Å². The first kappa shape index (κ1) is 26.8. The summed E-state index contributed by atoms with van der Waals surface area (Å²) < 4.78 is 0. The molecule has 0 aromatic rings. The van der Waals surface area contributed by atoms with Gasteiger partial charge in [0.05, 0.1) is 12.1 Å². The van der Waals surface area contributed by atoms with Gasteiger partial charge in [-0.05, 0) is 45.1 Å². The highest BCUT2D eigenvalue weighted by atomic mass is 16.4. The van der Waals surface area contributed by atoms with Crippen molar-refractivity contribution in [2.24, 2.45) is 17.4 Å². The number of aliphatic hydroxyl groups excluding tert-OH is 1. The molecule has 1 heterocycles. The quantitative estimate of drug-likeness (QED) is 0.197. The van der Waals surface area contributed by atoms with Crippen molar-refractivity contribution in [3.63, 3.8) is 0 Å². The number of hydrogen-bond donors (Lipinski definition) is 6.